The van der Waals surface area contributed by atoms with Crippen molar-refractivity contribution in [1.29, 1.82) is 0 Å². The number of fused-ring (bicyclic) bond motifs is 2. The maximum absolute atomic E-state index is 12.8. The van der Waals surface area contributed by atoms with E-state index in [0.717, 1.165) is 19.6 Å². The maximum atomic E-state index is 12.8. The number of rotatable bonds is 8. The molecule has 1 fully saturated rings. The Balaban J connectivity index is 1.54. The van der Waals surface area contributed by atoms with Crippen molar-refractivity contribution < 1.29 is 19.1 Å². The van der Waals surface area contributed by atoms with Gasteiger partial charge in [0.05, 0.1) is 5.71 Å². The second kappa shape index (κ2) is 8.62. The molecule has 1 unspecified atom stereocenters. The molecule has 1 saturated heterocycles. The minimum Gasteiger partial charge on any atom is -0.454 e. The first-order valence-electron chi connectivity index (χ1n) is 9.16. The fourth-order valence-electron chi connectivity index (χ4n) is 3.14. The van der Waals surface area contributed by atoms with Gasteiger partial charge in [0.2, 0.25) is 23.7 Å². The summed E-state index contributed by atoms with van der Waals surface area (Å²) < 4.78 is 10.7. The third kappa shape index (κ3) is 4.36. The number of hydrogen-bond donors (Lipinski definition) is 1. The average molecular weight is 392 g/mol. The molecule has 1 aliphatic carbocycles. The highest BCUT2D eigenvalue weighted by Crippen LogP contribution is 2.31. The lowest BCUT2D eigenvalue weighted by Crippen LogP contribution is -2.47. The zero-order chi connectivity index (χ0) is 19.4. The molecule has 9 heteroatoms. The lowest BCUT2D eigenvalue weighted by Gasteiger charge is -2.30. The van der Waals surface area contributed by atoms with Crippen LogP contribution in [0.25, 0.3) is 0 Å². The molecule has 2 heterocycles. The van der Waals surface area contributed by atoms with Gasteiger partial charge in [-0.2, -0.15) is 0 Å². The number of likely N-dealkylation sites (N-methyl/N-ethyl adjacent to an activating group) is 1. The van der Waals surface area contributed by atoms with Gasteiger partial charge in [0, 0.05) is 32.1 Å². The standard InChI is InChI=1S/C18H24N4O4S/c1-3-21(4-2)8-6-19-16(23)5-7-22-17(24)12-9-14-15(26-11-25-14)10-13(12)20-18(22)27/h9-10,12H,3-8,11H2,1-2H3,(H,19,23). The molecule has 27 heavy (non-hydrogen) atoms. The van der Waals surface area contributed by atoms with Crippen molar-refractivity contribution in [2.75, 3.05) is 39.5 Å². The number of carbonyl (C=O) groups is 2. The predicted molar refractivity (Wildman–Crippen MR) is 104 cm³/mol. The van der Waals surface area contributed by atoms with Gasteiger partial charge in [0.15, 0.2) is 11.5 Å². The van der Waals surface area contributed by atoms with Crippen molar-refractivity contribution >= 4 is 34.9 Å². The molecule has 1 atom stereocenters. The first-order chi connectivity index (χ1) is 13.0. The number of nitrogens with zero attached hydrogens (tertiary/aromatic N) is 3. The summed E-state index contributed by atoms with van der Waals surface area (Å²) >= 11 is 5.25. The number of thiocarbonyl (C=S) groups is 1. The van der Waals surface area contributed by atoms with Gasteiger partial charge in [-0.05, 0) is 31.4 Å². The largest absolute Gasteiger partial charge is 0.454 e. The van der Waals surface area contributed by atoms with Crippen LogP contribution in [0.4, 0.5) is 0 Å². The minimum absolute atomic E-state index is 0.107. The zero-order valence-electron chi connectivity index (χ0n) is 15.6. The number of allylic oxidation sites excluding steroid dienone is 1. The molecular formula is C18H24N4O4S. The van der Waals surface area contributed by atoms with Crippen LogP contribution >= 0.6 is 12.2 Å². The van der Waals surface area contributed by atoms with Crippen LogP contribution in [0.3, 0.4) is 0 Å². The van der Waals surface area contributed by atoms with Crippen LogP contribution in [0.15, 0.2) is 28.7 Å². The number of amides is 2. The van der Waals surface area contributed by atoms with Crippen molar-refractivity contribution in [1.82, 2.24) is 15.1 Å². The SMILES string of the molecule is CCN(CC)CCNC(=O)CCN1C(=O)C2C=C3OCOC3=CC2=NC1=S. The Kier molecular flexibility index (Phi) is 6.22. The Morgan fingerprint density at radius 1 is 1.37 bits per heavy atom. The van der Waals surface area contributed by atoms with E-state index in [1.54, 1.807) is 12.2 Å². The van der Waals surface area contributed by atoms with E-state index in [-0.39, 0.29) is 36.7 Å². The van der Waals surface area contributed by atoms with Crippen LogP contribution in [0.5, 0.6) is 0 Å². The Morgan fingerprint density at radius 2 is 2.11 bits per heavy atom. The second-order valence-electron chi connectivity index (χ2n) is 6.36. The first-order valence-corrected chi connectivity index (χ1v) is 9.56. The Hall–Kier alpha value is -2.26. The van der Waals surface area contributed by atoms with Gasteiger partial charge in [-0.3, -0.25) is 14.5 Å². The van der Waals surface area contributed by atoms with Crippen LogP contribution in [0, 0.1) is 5.92 Å². The van der Waals surface area contributed by atoms with Gasteiger partial charge in [0.25, 0.3) is 0 Å². The molecule has 8 nitrogen and oxygen atoms in total. The Labute approximate surface area is 163 Å². The number of ether oxygens (including phenoxy) is 2. The summed E-state index contributed by atoms with van der Waals surface area (Å²) in [7, 11) is 0. The average Bonchev–Trinajstić information content (AvgIpc) is 3.11. The normalized spacial score (nSPS) is 20.9. The molecule has 0 saturated carbocycles. The molecule has 0 radical (unpaired) electrons. The van der Waals surface area contributed by atoms with Gasteiger partial charge in [-0.15, -0.1) is 0 Å². The van der Waals surface area contributed by atoms with Gasteiger partial charge >= 0.3 is 0 Å². The smallest absolute Gasteiger partial charge is 0.241 e. The molecule has 3 rings (SSSR count). The van der Waals surface area contributed by atoms with Crippen molar-refractivity contribution in [2.45, 2.75) is 20.3 Å². The van der Waals surface area contributed by atoms with E-state index in [9.17, 15) is 9.59 Å². The van der Waals surface area contributed by atoms with E-state index in [4.69, 9.17) is 21.7 Å². The van der Waals surface area contributed by atoms with E-state index in [1.807, 2.05) is 0 Å². The van der Waals surface area contributed by atoms with Crippen molar-refractivity contribution in [3.8, 4) is 0 Å². The summed E-state index contributed by atoms with van der Waals surface area (Å²) in [6.07, 6.45) is 3.57. The van der Waals surface area contributed by atoms with Crippen LogP contribution in [-0.4, -0.2) is 72.0 Å². The summed E-state index contributed by atoms with van der Waals surface area (Å²) in [5, 5.41) is 3.06. The molecule has 0 aromatic carbocycles. The highest BCUT2D eigenvalue weighted by molar-refractivity contribution is 7.80. The van der Waals surface area contributed by atoms with Crippen LogP contribution < -0.4 is 5.32 Å². The highest BCUT2D eigenvalue weighted by atomic mass is 32.1. The topological polar surface area (TPSA) is 83.5 Å². The van der Waals surface area contributed by atoms with Crippen LogP contribution in [0.1, 0.15) is 20.3 Å². The molecule has 2 amide bonds. The summed E-state index contributed by atoms with van der Waals surface area (Å²) in [6, 6.07) is 0. The van der Waals surface area contributed by atoms with E-state index in [0.29, 0.717) is 23.8 Å². The Morgan fingerprint density at radius 3 is 2.85 bits per heavy atom. The maximum Gasteiger partial charge on any atom is 0.241 e. The molecule has 0 bridgehead atoms. The number of carbonyl (C=O) groups excluding carboxylic acids is 2. The summed E-state index contributed by atoms with van der Waals surface area (Å²) in [6.45, 7) is 7.80. The van der Waals surface area contributed by atoms with Gasteiger partial charge in [0.1, 0.15) is 5.92 Å². The summed E-state index contributed by atoms with van der Waals surface area (Å²) in [5.41, 5.74) is 0.550. The van der Waals surface area contributed by atoms with Crippen LogP contribution in [-0.2, 0) is 19.1 Å². The number of hydrogen-bond acceptors (Lipinski definition) is 6. The van der Waals surface area contributed by atoms with Gasteiger partial charge in [-0.1, -0.05) is 13.8 Å². The summed E-state index contributed by atoms with van der Waals surface area (Å²) in [5.74, 6) is 0.266. The predicted octanol–water partition coefficient (Wildman–Crippen LogP) is 0.805. The molecule has 0 spiro atoms. The lowest BCUT2D eigenvalue weighted by atomic mass is 9.94. The van der Waals surface area contributed by atoms with Crippen molar-refractivity contribution in [3.63, 3.8) is 0 Å². The third-order valence-electron chi connectivity index (χ3n) is 4.78. The molecule has 2 aliphatic heterocycles. The number of nitrogens with one attached hydrogen (secondary N) is 1. The minimum atomic E-state index is -0.553. The van der Waals surface area contributed by atoms with E-state index < -0.39 is 5.92 Å². The van der Waals surface area contributed by atoms with Crippen LogP contribution in [0.2, 0.25) is 0 Å². The lowest BCUT2D eigenvalue weighted by molar-refractivity contribution is -0.129. The van der Waals surface area contributed by atoms with E-state index in [1.165, 1.54) is 4.90 Å². The molecule has 146 valence electrons. The second-order valence-corrected chi connectivity index (χ2v) is 6.72. The first kappa shape index (κ1) is 19.5. The quantitative estimate of drug-likeness (QED) is 0.616. The van der Waals surface area contributed by atoms with Gasteiger partial charge < -0.3 is 19.7 Å². The number of aliphatic imine (C=N–C) groups is 1. The molecule has 0 aromatic rings. The Bertz CT molecular complexity index is 727. The summed E-state index contributed by atoms with van der Waals surface area (Å²) in [4.78, 5) is 32.8. The van der Waals surface area contributed by atoms with E-state index >= 15 is 0 Å². The van der Waals surface area contributed by atoms with Gasteiger partial charge in [-0.25, -0.2) is 4.99 Å². The fraction of sp³-hybridized carbons (Fsp3) is 0.556. The van der Waals surface area contributed by atoms with E-state index in [2.05, 4.69) is 29.1 Å². The zero-order valence-corrected chi connectivity index (χ0v) is 16.4. The highest BCUT2D eigenvalue weighted by Gasteiger charge is 2.38. The molecule has 0 aromatic heterocycles. The molecule has 3 aliphatic rings. The van der Waals surface area contributed by atoms with Crippen molar-refractivity contribution in [2.24, 2.45) is 10.9 Å². The molecule has 1 N–H and O–H groups in total. The fourth-order valence-corrected chi connectivity index (χ4v) is 3.42. The monoisotopic (exact) mass is 392 g/mol. The van der Waals surface area contributed by atoms with Crippen molar-refractivity contribution in [3.05, 3.63) is 23.7 Å². The molecular weight excluding hydrogens is 368 g/mol. The third-order valence-corrected chi connectivity index (χ3v) is 5.09.